The topological polar surface area (TPSA) is 233 Å². The molecule has 5 rings (SSSR count). The second-order valence-electron chi connectivity index (χ2n) is 11.9. The number of carbonyl (C=O) groups is 7. The molecular formula is C29H45N5O10. The first kappa shape index (κ1) is 36.2. The van der Waals surface area contributed by atoms with E-state index in [4.69, 9.17) is 15.6 Å². The lowest BCUT2D eigenvalue weighted by Gasteiger charge is -2.38. The number of cyclic esters (lactones) is 1. The van der Waals surface area contributed by atoms with Crippen molar-refractivity contribution in [1.82, 2.24) is 16.0 Å². The molecule has 0 aromatic rings. The Morgan fingerprint density at radius 3 is 1.30 bits per heavy atom. The Bertz CT molecular complexity index is 1140. The minimum atomic E-state index is -0.939. The minimum absolute atomic E-state index is 0.142. The number of hydrogen-bond donors (Lipinski definition) is 5. The number of nitrogens with one attached hydrogen (secondary N) is 3. The lowest BCUT2D eigenvalue weighted by atomic mass is 9.76. The number of carboxylic acids is 1. The van der Waals surface area contributed by atoms with E-state index in [2.05, 4.69) is 25.7 Å². The van der Waals surface area contributed by atoms with E-state index in [-0.39, 0.29) is 29.7 Å². The first-order valence-corrected chi connectivity index (χ1v) is 14.7. The molecule has 0 aromatic heterocycles. The van der Waals surface area contributed by atoms with Crippen LogP contribution < -0.4 is 21.7 Å². The highest BCUT2D eigenvalue weighted by Gasteiger charge is 2.50. The number of ether oxygens (including phenoxy) is 2. The quantitative estimate of drug-likeness (QED) is 0.261. The van der Waals surface area contributed by atoms with E-state index in [9.17, 15) is 33.6 Å². The molecule has 0 aromatic carbocycles. The molecule has 4 amide bonds. The summed E-state index contributed by atoms with van der Waals surface area (Å²) >= 11 is 0. The molecule has 15 nitrogen and oxygen atoms in total. The number of amides is 4. The van der Waals surface area contributed by atoms with E-state index in [1.54, 1.807) is 6.92 Å². The van der Waals surface area contributed by atoms with Crippen molar-refractivity contribution in [2.24, 2.45) is 10.7 Å². The number of primary amides is 1. The molecular weight excluding hydrogens is 578 g/mol. The zero-order valence-corrected chi connectivity index (χ0v) is 26.1. The number of aliphatic imine (C=N–C) groups is 1. The second-order valence-corrected chi connectivity index (χ2v) is 11.9. The molecule has 0 saturated heterocycles. The van der Waals surface area contributed by atoms with E-state index < -0.39 is 34.0 Å². The van der Waals surface area contributed by atoms with Crippen molar-refractivity contribution in [1.29, 1.82) is 0 Å². The average Bonchev–Trinajstić information content (AvgIpc) is 3.15. The zero-order chi connectivity index (χ0) is 33.3. The summed E-state index contributed by atoms with van der Waals surface area (Å²) in [6, 6.07) is 0. The SMILES string of the molecule is CC(=O)NC1(C(=O)O)CCC1.CC(=O)NC1(C(N)=O)CCC1.CC1=NC2(CCC2)C(=O)O1.COC(=O)C1(NC(C)=O)CCC1. The smallest absolute Gasteiger partial charge is 0.340 e. The third-order valence-electron chi connectivity index (χ3n) is 8.50. The predicted octanol–water partition coefficient (Wildman–Crippen LogP) is 0.763. The van der Waals surface area contributed by atoms with Crippen LogP contribution in [0, 0.1) is 0 Å². The normalized spacial score (nSPS) is 21.6. The number of methoxy groups -OCH3 is 1. The molecule has 246 valence electrons. The summed E-state index contributed by atoms with van der Waals surface area (Å²) in [7, 11) is 1.34. The first-order valence-electron chi connectivity index (χ1n) is 14.7. The first-order chi connectivity index (χ1) is 20.5. The van der Waals surface area contributed by atoms with Gasteiger partial charge in [0.15, 0.2) is 11.4 Å². The Balaban J connectivity index is 0.000000205. The van der Waals surface area contributed by atoms with Gasteiger partial charge in [-0.15, -0.1) is 0 Å². The number of aliphatic carboxylic acids is 1. The number of carbonyl (C=O) groups excluding carboxylic acids is 6. The number of nitrogens with zero attached hydrogens (tertiary/aromatic N) is 1. The minimum Gasteiger partial charge on any atom is -0.480 e. The summed E-state index contributed by atoms with van der Waals surface area (Å²) < 4.78 is 9.43. The lowest BCUT2D eigenvalue weighted by molar-refractivity contribution is -0.154. The van der Waals surface area contributed by atoms with Crippen molar-refractivity contribution in [2.75, 3.05) is 7.11 Å². The van der Waals surface area contributed by atoms with Gasteiger partial charge in [-0.05, 0) is 77.0 Å². The molecule has 1 aliphatic heterocycles. The summed E-state index contributed by atoms with van der Waals surface area (Å²) in [5, 5.41) is 16.4. The standard InChI is InChI=1S/C8H13NO3.C7H12N2O2.C7H11NO3.C7H9NO2/c1-6(10)9-8(4-3-5-8)7(11)12-2;1-5(10)9-7(6(8)11)3-2-4-7;1-5(9)8-7(6(10)11)3-2-4-7;1-5-8-7(3-2-4-7)6(9)10-5/h3-5H2,1-2H3,(H,9,10);2-4H2,1H3,(H2,8,11)(H,9,10);2-4H2,1H3,(H,8,9)(H,10,11);2-4H2,1H3. The second kappa shape index (κ2) is 14.6. The van der Waals surface area contributed by atoms with Gasteiger partial charge in [0, 0.05) is 27.7 Å². The number of rotatable bonds is 6. The Hall–Kier alpha value is -4.04. The van der Waals surface area contributed by atoms with Crippen LogP contribution in [0.15, 0.2) is 4.99 Å². The van der Waals surface area contributed by atoms with Crippen molar-refractivity contribution in [3.8, 4) is 0 Å². The Morgan fingerprint density at radius 1 is 0.750 bits per heavy atom. The van der Waals surface area contributed by atoms with Gasteiger partial charge in [-0.1, -0.05) is 0 Å². The van der Waals surface area contributed by atoms with Crippen LogP contribution in [0.1, 0.15) is 105 Å². The molecule has 4 saturated carbocycles. The highest BCUT2D eigenvalue weighted by atomic mass is 16.6. The number of esters is 2. The molecule has 44 heavy (non-hydrogen) atoms. The number of carboxylic acid groups (broad SMARTS) is 1. The lowest BCUT2D eigenvalue weighted by Crippen LogP contribution is -2.61. The molecule has 0 atom stereocenters. The van der Waals surface area contributed by atoms with Gasteiger partial charge < -0.3 is 36.3 Å². The van der Waals surface area contributed by atoms with Crippen LogP contribution in [0.4, 0.5) is 0 Å². The fraction of sp³-hybridized carbons (Fsp3) is 0.724. The van der Waals surface area contributed by atoms with Gasteiger partial charge >= 0.3 is 17.9 Å². The van der Waals surface area contributed by atoms with Crippen LogP contribution in [-0.4, -0.2) is 81.8 Å². The van der Waals surface area contributed by atoms with Gasteiger partial charge in [-0.2, -0.15) is 0 Å². The number of hydrogen-bond acceptors (Lipinski definition) is 10. The van der Waals surface area contributed by atoms with Crippen LogP contribution in [-0.2, 0) is 43.0 Å². The van der Waals surface area contributed by atoms with Crippen molar-refractivity contribution in [2.45, 2.75) is 127 Å². The summed E-state index contributed by atoms with van der Waals surface area (Å²) in [4.78, 5) is 79.9. The van der Waals surface area contributed by atoms with E-state index in [1.165, 1.54) is 27.9 Å². The highest BCUT2D eigenvalue weighted by molar-refractivity contribution is 5.99. The van der Waals surface area contributed by atoms with Crippen LogP contribution in [0.3, 0.4) is 0 Å². The highest BCUT2D eigenvalue weighted by Crippen LogP contribution is 2.40. The van der Waals surface area contributed by atoms with Crippen molar-refractivity contribution in [3.05, 3.63) is 0 Å². The maximum Gasteiger partial charge on any atom is 0.340 e. The summed E-state index contributed by atoms with van der Waals surface area (Å²) in [5.41, 5.74) is 2.34. The van der Waals surface area contributed by atoms with Gasteiger partial charge in [-0.25, -0.2) is 19.4 Å². The van der Waals surface area contributed by atoms with Crippen LogP contribution >= 0.6 is 0 Å². The molecule has 0 bridgehead atoms. The summed E-state index contributed by atoms with van der Waals surface area (Å²) in [6.45, 7) is 5.86. The maximum atomic E-state index is 11.2. The fourth-order valence-electron chi connectivity index (χ4n) is 5.43. The van der Waals surface area contributed by atoms with Crippen LogP contribution in [0.5, 0.6) is 0 Å². The molecule has 6 N–H and O–H groups in total. The van der Waals surface area contributed by atoms with Crippen molar-refractivity contribution in [3.63, 3.8) is 0 Å². The molecule has 15 heteroatoms. The van der Waals surface area contributed by atoms with Gasteiger partial charge in [0.1, 0.15) is 16.6 Å². The molecule has 4 fully saturated rings. The monoisotopic (exact) mass is 623 g/mol. The van der Waals surface area contributed by atoms with E-state index >= 15 is 0 Å². The molecule has 0 radical (unpaired) electrons. The largest absolute Gasteiger partial charge is 0.480 e. The van der Waals surface area contributed by atoms with Gasteiger partial charge in [0.2, 0.25) is 23.6 Å². The molecule has 4 aliphatic carbocycles. The zero-order valence-electron chi connectivity index (χ0n) is 26.1. The van der Waals surface area contributed by atoms with E-state index in [0.29, 0.717) is 44.4 Å². The molecule has 1 heterocycles. The van der Waals surface area contributed by atoms with Gasteiger partial charge in [0.25, 0.3) is 0 Å². The van der Waals surface area contributed by atoms with Crippen molar-refractivity contribution < 1.29 is 48.1 Å². The van der Waals surface area contributed by atoms with Gasteiger partial charge in [-0.3, -0.25) is 19.2 Å². The van der Waals surface area contributed by atoms with Crippen molar-refractivity contribution >= 4 is 47.4 Å². The van der Waals surface area contributed by atoms with Crippen LogP contribution in [0.2, 0.25) is 0 Å². The summed E-state index contributed by atoms with van der Waals surface area (Å²) in [5.74, 6) is -1.92. The molecule has 1 spiro atoms. The Kier molecular flexibility index (Phi) is 12.0. The summed E-state index contributed by atoms with van der Waals surface area (Å²) in [6.07, 6.45) is 9.54. The Morgan fingerprint density at radius 2 is 1.14 bits per heavy atom. The van der Waals surface area contributed by atoms with E-state index in [1.807, 2.05) is 0 Å². The Labute approximate surface area is 256 Å². The molecule has 5 aliphatic rings. The third kappa shape index (κ3) is 8.53. The predicted molar refractivity (Wildman–Crippen MR) is 156 cm³/mol. The number of nitrogens with two attached hydrogens (primary N) is 1. The van der Waals surface area contributed by atoms with E-state index in [0.717, 1.165) is 38.5 Å². The maximum absolute atomic E-state index is 11.2. The van der Waals surface area contributed by atoms with Crippen LogP contribution in [0.25, 0.3) is 0 Å². The third-order valence-corrected chi connectivity index (χ3v) is 8.50. The fourth-order valence-corrected chi connectivity index (χ4v) is 5.43. The average molecular weight is 624 g/mol. The van der Waals surface area contributed by atoms with Gasteiger partial charge in [0.05, 0.1) is 7.11 Å². The molecule has 0 unspecified atom stereocenters.